The molecule has 0 radical (unpaired) electrons. The fourth-order valence-electron chi connectivity index (χ4n) is 5.73. The smallest absolute Gasteiger partial charge is 0.379 e. The first-order valence-electron chi connectivity index (χ1n) is 14.0. The number of carbonyl (C=O) groups excluding carboxylic acids is 2. The SMILES string of the molecule is COC(=O)/C(=C(/C(=O)OC)[n+]1ccc(/C=C/c2ccccc2[N+](=O)[O-])c2ccccc21)[c-]1c2cc(Cl)ccc2c2ccc(Cl)cc21. The summed E-state index contributed by atoms with van der Waals surface area (Å²) in [6.07, 6.45) is 5.07. The molecule has 1 heterocycles. The van der Waals surface area contributed by atoms with E-state index in [1.54, 1.807) is 83.6 Å². The first-order valence-corrected chi connectivity index (χ1v) is 14.7. The van der Waals surface area contributed by atoms with Crippen molar-refractivity contribution in [3.8, 4) is 0 Å². The third-order valence-corrected chi connectivity index (χ3v) is 8.21. The van der Waals surface area contributed by atoms with Crippen molar-refractivity contribution in [2.24, 2.45) is 0 Å². The molecule has 0 fully saturated rings. The van der Waals surface area contributed by atoms with E-state index in [4.69, 9.17) is 32.7 Å². The number of pyridine rings is 1. The molecule has 8 nitrogen and oxygen atoms in total. The van der Waals surface area contributed by atoms with E-state index in [1.807, 2.05) is 24.3 Å². The molecule has 0 spiro atoms. The molecule has 0 bridgehead atoms. The van der Waals surface area contributed by atoms with Crippen LogP contribution in [0.25, 0.3) is 55.9 Å². The Morgan fingerprint density at radius 2 is 1.35 bits per heavy atom. The molecule has 6 rings (SSSR count). The van der Waals surface area contributed by atoms with Crippen LogP contribution < -0.4 is 4.57 Å². The molecule has 0 amide bonds. The van der Waals surface area contributed by atoms with Crippen molar-refractivity contribution in [3.05, 3.63) is 134 Å². The Hall–Kier alpha value is -5.44. The Labute approximate surface area is 272 Å². The van der Waals surface area contributed by atoms with E-state index in [1.165, 1.54) is 20.3 Å². The Kier molecular flexibility index (Phi) is 8.32. The number of ether oxygens (including phenoxy) is 2. The van der Waals surface area contributed by atoms with Crippen molar-refractivity contribution in [1.82, 2.24) is 0 Å². The standard InChI is InChI=1S/C36H24Cl2N2O6/c1-45-35(41)33(32-28-19-23(37)13-15-26(28)27-16-14-24(38)20-29(27)32)34(36(42)46-2)39-18-17-21(25-8-4-6-10-31(25)39)11-12-22-7-3-5-9-30(22)40(43)44/h3-20H,1-2H3/b12-11+,34-33-. The molecule has 10 heteroatoms. The van der Waals surface area contributed by atoms with E-state index in [-0.39, 0.29) is 17.0 Å². The largest absolute Gasteiger partial charge is 0.490 e. The molecule has 0 saturated heterocycles. The highest BCUT2D eigenvalue weighted by Gasteiger charge is 2.32. The van der Waals surface area contributed by atoms with Gasteiger partial charge in [-0.05, 0) is 23.8 Å². The molecule has 1 aromatic heterocycles. The average Bonchev–Trinajstić information content (AvgIpc) is 3.37. The first-order chi connectivity index (χ1) is 22.2. The monoisotopic (exact) mass is 650 g/mol. The molecule has 0 aliphatic rings. The minimum absolute atomic E-state index is 0.0259. The van der Waals surface area contributed by atoms with Crippen LogP contribution in [-0.2, 0) is 19.1 Å². The van der Waals surface area contributed by atoms with Gasteiger partial charge in [-0.25, -0.2) is 4.79 Å². The number of benzene rings is 4. The summed E-state index contributed by atoms with van der Waals surface area (Å²) >= 11 is 12.9. The number of nitro groups is 1. The summed E-state index contributed by atoms with van der Waals surface area (Å²) in [5.41, 5.74) is 1.97. The second-order valence-electron chi connectivity index (χ2n) is 10.3. The predicted molar refractivity (Wildman–Crippen MR) is 180 cm³/mol. The Balaban J connectivity index is 1.68. The Morgan fingerprint density at radius 1 is 0.761 bits per heavy atom. The van der Waals surface area contributed by atoms with E-state index in [9.17, 15) is 19.7 Å². The lowest BCUT2D eigenvalue weighted by Crippen LogP contribution is -2.39. The number of para-hydroxylation sites is 2. The minimum Gasteiger partial charge on any atom is -0.490 e. The summed E-state index contributed by atoms with van der Waals surface area (Å²) in [7, 11) is 2.47. The number of esters is 2. The first kappa shape index (κ1) is 30.6. The van der Waals surface area contributed by atoms with E-state index in [2.05, 4.69) is 0 Å². The number of methoxy groups -OCH3 is 2. The number of hydrogen-bond donors (Lipinski definition) is 0. The second-order valence-corrected chi connectivity index (χ2v) is 11.1. The minimum atomic E-state index is -0.787. The topological polar surface area (TPSA) is 99.6 Å². The maximum absolute atomic E-state index is 13.8. The third-order valence-electron chi connectivity index (χ3n) is 7.74. The van der Waals surface area contributed by atoms with Gasteiger partial charge in [-0.2, -0.15) is 4.57 Å². The number of nitrogens with zero attached hydrogens (tertiary/aromatic N) is 2. The summed E-state index contributed by atoms with van der Waals surface area (Å²) in [4.78, 5) is 38.7. The predicted octanol–water partition coefficient (Wildman–Crippen LogP) is 8.25. The van der Waals surface area contributed by atoms with Crippen LogP contribution in [0, 0.1) is 10.1 Å². The van der Waals surface area contributed by atoms with Gasteiger partial charge in [0.05, 0.1) is 35.7 Å². The van der Waals surface area contributed by atoms with Crippen molar-refractivity contribution in [1.29, 1.82) is 0 Å². The maximum Gasteiger partial charge on any atom is 0.379 e. The van der Waals surface area contributed by atoms with Crippen molar-refractivity contribution in [3.63, 3.8) is 0 Å². The molecule has 0 aliphatic carbocycles. The molecular formula is C36H24Cl2N2O6. The summed E-state index contributed by atoms with van der Waals surface area (Å²) in [6.45, 7) is 0. The van der Waals surface area contributed by atoms with Crippen LogP contribution in [0.2, 0.25) is 10.0 Å². The quantitative estimate of drug-likeness (QED) is 0.0431. The van der Waals surface area contributed by atoms with Gasteiger partial charge in [-0.3, -0.25) is 14.9 Å². The zero-order valence-corrected chi connectivity index (χ0v) is 26.0. The third kappa shape index (κ3) is 5.38. The van der Waals surface area contributed by atoms with Gasteiger partial charge in [0.2, 0.25) is 5.52 Å². The summed E-state index contributed by atoms with van der Waals surface area (Å²) in [5.74, 6) is -1.56. The van der Waals surface area contributed by atoms with Gasteiger partial charge in [-0.1, -0.05) is 117 Å². The van der Waals surface area contributed by atoms with Crippen LogP contribution >= 0.6 is 23.2 Å². The lowest BCUT2D eigenvalue weighted by molar-refractivity contribution is -0.548. The number of fused-ring (bicyclic) bond motifs is 4. The number of rotatable bonds is 7. The molecule has 5 aromatic carbocycles. The van der Waals surface area contributed by atoms with Crippen molar-refractivity contribution >= 4 is 96.7 Å². The van der Waals surface area contributed by atoms with Gasteiger partial charge in [0, 0.05) is 28.2 Å². The van der Waals surface area contributed by atoms with Crippen LogP contribution in [0.4, 0.5) is 5.69 Å². The fourth-order valence-corrected chi connectivity index (χ4v) is 6.08. The fraction of sp³-hybridized carbons (Fsp3) is 0.0556. The lowest BCUT2D eigenvalue weighted by atomic mass is 9.99. The van der Waals surface area contributed by atoms with Crippen LogP contribution in [0.1, 0.15) is 16.7 Å². The van der Waals surface area contributed by atoms with Gasteiger partial charge >= 0.3 is 5.97 Å². The van der Waals surface area contributed by atoms with E-state index >= 15 is 0 Å². The molecule has 0 atom stereocenters. The average molecular weight is 652 g/mol. The van der Waals surface area contributed by atoms with Gasteiger partial charge < -0.3 is 9.47 Å². The molecule has 46 heavy (non-hydrogen) atoms. The zero-order valence-electron chi connectivity index (χ0n) is 24.5. The molecule has 0 N–H and O–H groups in total. The number of nitro benzene ring substituents is 1. The number of hydrogen-bond acceptors (Lipinski definition) is 6. The molecule has 0 saturated carbocycles. The Morgan fingerprint density at radius 3 is 1.98 bits per heavy atom. The highest BCUT2D eigenvalue weighted by molar-refractivity contribution is 6.40. The van der Waals surface area contributed by atoms with Crippen LogP contribution in [-0.4, -0.2) is 31.1 Å². The molecule has 228 valence electrons. The van der Waals surface area contributed by atoms with Crippen LogP contribution in [0.5, 0.6) is 0 Å². The molecule has 0 unspecified atom stereocenters. The maximum atomic E-state index is 13.8. The van der Waals surface area contributed by atoms with Crippen molar-refractivity contribution in [2.75, 3.05) is 14.2 Å². The summed E-state index contributed by atoms with van der Waals surface area (Å²) in [5, 5.41) is 16.0. The van der Waals surface area contributed by atoms with E-state index < -0.39 is 16.9 Å². The van der Waals surface area contributed by atoms with Crippen molar-refractivity contribution in [2.45, 2.75) is 0 Å². The highest BCUT2D eigenvalue weighted by Crippen LogP contribution is 2.42. The number of halogens is 2. The van der Waals surface area contributed by atoms with Crippen molar-refractivity contribution < 1.29 is 28.6 Å². The summed E-state index contributed by atoms with van der Waals surface area (Å²) < 4.78 is 12.2. The van der Waals surface area contributed by atoms with Gasteiger partial charge in [0.15, 0.2) is 6.20 Å². The Bertz CT molecular complexity index is 2230. The molecule has 6 aromatic rings. The van der Waals surface area contributed by atoms with Crippen LogP contribution in [0.3, 0.4) is 0 Å². The molecule has 0 aliphatic heterocycles. The summed E-state index contributed by atoms with van der Waals surface area (Å²) in [6, 6.07) is 26.1. The zero-order chi connectivity index (χ0) is 32.5. The van der Waals surface area contributed by atoms with Gasteiger partial charge in [0.1, 0.15) is 0 Å². The van der Waals surface area contributed by atoms with E-state index in [0.29, 0.717) is 42.8 Å². The normalized spacial score (nSPS) is 12.1. The van der Waals surface area contributed by atoms with E-state index in [0.717, 1.165) is 16.3 Å². The van der Waals surface area contributed by atoms with Gasteiger partial charge in [-0.15, -0.1) is 0 Å². The van der Waals surface area contributed by atoms with Crippen LogP contribution in [0.15, 0.2) is 97.2 Å². The second kappa shape index (κ2) is 12.5. The number of carbonyl (C=O) groups is 2. The highest BCUT2D eigenvalue weighted by atomic mass is 35.5. The molecular weight excluding hydrogens is 627 g/mol. The lowest BCUT2D eigenvalue weighted by Gasteiger charge is -2.16. The van der Waals surface area contributed by atoms with Gasteiger partial charge in [0.25, 0.3) is 17.4 Å². The number of aromatic nitrogens is 1.